The van der Waals surface area contributed by atoms with Gasteiger partial charge in [-0.2, -0.15) is 0 Å². The summed E-state index contributed by atoms with van der Waals surface area (Å²) in [6.07, 6.45) is 1.60. The molecule has 118 valence electrons. The van der Waals surface area contributed by atoms with Crippen molar-refractivity contribution in [2.75, 3.05) is 38.3 Å². The zero-order valence-electron chi connectivity index (χ0n) is 13.0. The topological polar surface area (TPSA) is 54.4 Å². The van der Waals surface area contributed by atoms with Gasteiger partial charge in [-0.1, -0.05) is 0 Å². The zero-order chi connectivity index (χ0) is 15.4. The van der Waals surface area contributed by atoms with Gasteiger partial charge in [0.05, 0.1) is 32.0 Å². The van der Waals surface area contributed by atoms with Gasteiger partial charge in [-0.25, -0.2) is 15.0 Å². The van der Waals surface area contributed by atoms with Crippen molar-refractivity contribution >= 4 is 17.2 Å². The summed E-state index contributed by atoms with van der Waals surface area (Å²) < 4.78 is 5.38. The van der Waals surface area contributed by atoms with Crippen LogP contribution in [0.1, 0.15) is 16.4 Å². The number of hydrogen-bond donors (Lipinski definition) is 0. The highest BCUT2D eigenvalue weighted by atomic mass is 32.1. The minimum absolute atomic E-state index is 0.760. The maximum atomic E-state index is 5.38. The Morgan fingerprint density at radius 1 is 1.32 bits per heavy atom. The van der Waals surface area contributed by atoms with Gasteiger partial charge in [0.2, 0.25) is 0 Å². The van der Waals surface area contributed by atoms with E-state index in [9.17, 15) is 0 Å². The van der Waals surface area contributed by atoms with Crippen LogP contribution in [0.5, 0.6) is 0 Å². The van der Waals surface area contributed by atoms with Crippen molar-refractivity contribution in [2.24, 2.45) is 0 Å². The van der Waals surface area contributed by atoms with Crippen LogP contribution in [0.2, 0.25) is 0 Å². The van der Waals surface area contributed by atoms with E-state index in [0.29, 0.717) is 0 Å². The van der Waals surface area contributed by atoms with Crippen molar-refractivity contribution in [3.63, 3.8) is 0 Å². The van der Waals surface area contributed by atoms with Gasteiger partial charge < -0.3 is 9.64 Å². The average molecular weight is 319 g/mol. The number of nitrogens with zero attached hydrogens (tertiary/aromatic N) is 5. The third kappa shape index (κ3) is 4.00. The molecule has 0 amide bonds. The molecule has 6 nitrogen and oxygen atoms in total. The smallest absolute Gasteiger partial charge is 0.132 e. The average Bonchev–Trinajstić information content (AvgIpc) is 2.95. The third-order valence-corrected chi connectivity index (χ3v) is 4.52. The summed E-state index contributed by atoms with van der Waals surface area (Å²) in [4.78, 5) is 17.7. The molecule has 1 aliphatic rings. The number of morpholine rings is 1. The van der Waals surface area contributed by atoms with Crippen LogP contribution in [0.15, 0.2) is 17.8 Å². The summed E-state index contributed by atoms with van der Waals surface area (Å²) in [7, 11) is 2.03. The van der Waals surface area contributed by atoms with E-state index in [1.165, 1.54) is 5.01 Å². The minimum atomic E-state index is 0.760. The van der Waals surface area contributed by atoms with E-state index in [1.807, 2.05) is 20.0 Å². The number of ether oxygens (including phenoxy) is 1. The first-order chi connectivity index (χ1) is 10.7. The lowest BCUT2D eigenvalue weighted by molar-refractivity contribution is 0.0341. The Hall–Kier alpha value is -1.57. The van der Waals surface area contributed by atoms with Crippen LogP contribution in [0.25, 0.3) is 0 Å². The lowest BCUT2D eigenvalue weighted by atomic mass is 10.4. The van der Waals surface area contributed by atoms with Crippen LogP contribution in [0, 0.1) is 6.92 Å². The van der Waals surface area contributed by atoms with Gasteiger partial charge in [-0.3, -0.25) is 4.90 Å². The molecule has 1 aliphatic heterocycles. The third-order valence-electron chi connectivity index (χ3n) is 3.64. The van der Waals surface area contributed by atoms with Gasteiger partial charge in [0, 0.05) is 37.3 Å². The van der Waals surface area contributed by atoms with E-state index in [-0.39, 0.29) is 0 Å². The Labute approximate surface area is 134 Å². The predicted molar refractivity (Wildman–Crippen MR) is 87.1 cm³/mol. The summed E-state index contributed by atoms with van der Waals surface area (Å²) in [5.74, 6) is 0.926. The quantitative estimate of drug-likeness (QED) is 0.836. The molecule has 0 bridgehead atoms. The molecule has 7 heteroatoms. The fourth-order valence-electron chi connectivity index (χ4n) is 2.42. The number of thiazole rings is 1. The zero-order valence-corrected chi connectivity index (χ0v) is 13.8. The number of anilines is 1. The molecule has 0 aromatic carbocycles. The lowest BCUT2D eigenvalue weighted by Crippen LogP contribution is -2.35. The Balaban J connectivity index is 1.59. The predicted octanol–water partition coefficient (Wildman–Crippen LogP) is 1.71. The van der Waals surface area contributed by atoms with Crippen molar-refractivity contribution in [3.8, 4) is 0 Å². The van der Waals surface area contributed by atoms with Gasteiger partial charge in [-0.05, 0) is 6.92 Å². The molecular formula is C15H21N5OS. The Kier molecular flexibility index (Phi) is 4.97. The molecule has 2 aromatic heterocycles. The molecule has 0 spiro atoms. The Bertz CT molecular complexity index is 611. The van der Waals surface area contributed by atoms with Crippen molar-refractivity contribution < 1.29 is 4.74 Å². The summed E-state index contributed by atoms with van der Waals surface area (Å²) in [6.45, 7) is 7.30. The van der Waals surface area contributed by atoms with E-state index in [2.05, 4.69) is 25.1 Å². The second-order valence-corrected chi connectivity index (χ2v) is 6.44. The Morgan fingerprint density at radius 2 is 2.14 bits per heavy atom. The van der Waals surface area contributed by atoms with Gasteiger partial charge in [0.1, 0.15) is 17.2 Å². The van der Waals surface area contributed by atoms with E-state index in [1.54, 1.807) is 17.7 Å². The Morgan fingerprint density at radius 3 is 2.91 bits per heavy atom. The number of aryl methyl sites for hydroxylation is 1. The number of hydrogen-bond acceptors (Lipinski definition) is 7. The SMILES string of the molecule is Cc1cc(N(C)Cc2csc(CN3CCOCC3)n2)ncn1. The van der Waals surface area contributed by atoms with E-state index < -0.39 is 0 Å². The first kappa shape index (κ1) is 15.3. The second kappa shape index (κ2) is 7.13. The first-order valence-corrected chi connectivity index (χ1v) is 8.32. The van der Waals surface area contributed by atoms with E-state index in [0.717, 1.165) is 56.6 Å². The van der Waals surface area contributed by atoms with Crippen molar-refractivity contribution in [3.05, 3.63) is 34.2 Å². The highest BCUT2D eigenvalue weighted by Crippen LogP contribution is 2.17. The molecule has 0 unspecified atom stereocenters. The van der Waals surface area contributed by atoms with Crippen LogP contribution in [0.3, 0.4) is 0 Å². The first-order valence-electron chi connectivity index (χ1n) is 7.44. The van der Waals surface area contributed by atoms with Gasteiger partial charge >= 0.3 is 0 Å². The standard InChI is InChI=1S/C15H21N5OS/c1-12-7-14(17-11-16-12)19(2)8-13-10-22-15(18-13)9-20-3-5-21-6-4-20/h7,10-11H,3-6,8-9H2,1-2H3. The summed E-state index contributed by atoms with van der Waals surface area (Å²) in [5.41, 5.74) is 2.06. The van der Waals surface area contributed by atoms with Crippen LogP contribution >= 0.6 is 11.3 Å². The van der Waals surface area contributed by atoms with Gasteiger partial charge in [-0.15, -0.1) is 11.3 Å². The highest BCUT2D eigenvalue weighted by molar-refractivity contribution is 7.09. The highest BCUT2D eigenvalue weighted by Gasteiger charge is 2.13. The molecule has 0 radical (unpaired) electrons. The maximum Gasteiger partial charge on any atom is 0.132 e. The van der Waals surface area contributed by atoms with Crippen LogP contribution in [0.4, 0.5) is 5.82 Å². The molecule has 2 aromatic rings. The number of rotatable bonds is 5. The van der Waals surface area contributed by atoms with Crippen molar-refractivity contribution in [1.82, 2.24) is 19.9 Å². The molecule has 22 heavy (non-hydrogen) atoms. The monoisotopic (exact) mass is 319 g/mol. The fourth-order valence-corrected chi connectivity index (χ4v) is 3.24. The lowest BCUT2D eigenvalue weighted by Gasteiger charge is -2.25. The van der Waals surface area contributed by atoms with Crippen molar-refractivity contribution in [2.45, 2.75) is 20.0 Å². The molecule has 3 rings (SSSR count). The normalized spacial score (nSPS) is 15.9. The van der Waals surface area contributed by atoms with Crippen LogP contribution in [-0.2, 0) is 17.8 Å². The molecule has 1 fully saturated rings. The van der Waals surface area contributed by atoms with Gasteiger partial charge in [0.25, 0.3) is 0 Å². The van der Waals surface area contributed by atoms with Crippen LogP contribution in [-0.4, -0.2) is 53.2 Å². The van der Waals surface area contributed by atoms with Gasteiger partial charge in [0.15, 0.2) is 0 Å². The molecule has 0 aliphatic carbocycles. The molecule has 1 saturated heterocycles. The maximum absolute atomic E-state index is 5.38. The fraction of sp³-hybridized carbons (Fsp3) is 0.533. The van der Waals surface area contributed by atoms with E-state index >= 15 is 0 Å². The summed E-state index contributed by atoms with van der Waals surface area (Å²) >= 11 is 1.73. The van der Waals surface area contributed by atoms with Crippen LogP contribution < -0.4 is 4.90 Å². The molecule has 0 atom stereocenters. The largest absolute Gasteiger partial charge is 0.379 e. The molecule has 0 N–H and O–H groups in total. The second-order valence-electron chi connectivity index (χ2n) is 5.49. The molecular weight excluding hydrogens is 298 g/mol. The van der Waals surface area contributed by atoms with Crippen molar-refractivity contribution in [1.29, 1.82) is 0 Å². The molecule has 3 heterocycles. The summed E-state index contributed by atoms with van der Waals surface area (Å²) in [6, 6.07) is 1.99. The number of aromatic nitrogens is 3. The summed E-state index contributed by atoms with van der Waals surface area (Å²) in [5, 5.41) is 3.31. The molecule has 0 saturated carbocycles. The minimum Gasteiger partial charge on any atom is -0.379 e. The van der Waals surface area contributed by atoms with E-state index in [4.69, 9.17) is 9.72 Å².